The van der Waals surface area contributed by atoms with E-state index >= 15 is 0 Å². The molecule has 0 bridgehead atoms. The summed E-state index contributed by atoms with van der Waals surface area (Å²) >= 11 is 1.43. The molecular weight excluding hydrogens is 292 g/mol. The molecule has 0 aromatic rings. The van der Waals surface area contributed by atoms with E-state index in [0.29, 0.717) is 6.42 Å². The van der Waals surface area contributed by atoms with Crippen molar-refractivity contribution in [3.63, 3.8) is 0 Å². The number of thioether (sulfide) groups is 1. The zero-order valence-corrected chi connectivity index (χ0v) is 13.7. The van der Waals surface area contributed by atoms with Gasteiger partial charge in [0, 0.05) is 14.1 Å². The number of aliphatic imine (C=N–C) groups is 1. The first-order valence-corrected chi connectivity index (χ1v) is 8.45. The van der Waals surface area contributed by atoms with Crippen LogP contribution in [0.2, 0.25) is 0 Å². The Kier molecular flexibility index (Phi) is 5.90. The summed E-state index contributed by atoms with van der Waals surface area (Å²) in [6.45, 7) is 2.10. The molecule has 0 radical (unpaired) electrons. The molecule has 0 aromatic heterocycles. The van der Waals surface area contributed by atoms with Gasteiger partial charge in [0.15, 0.2) is 5.17 Å². The van der Waals surface area contributed by atoms with E-state index in [1.54, 1.807) is 0 Å². The topological polar surface area (TPSA) is 85.5 Å². The van der Waals surface area contributed by atoms with Crippen LogP contribution in [-0.4, -0.2) is 75.4 Å². The van der Waals surface area contributed by atoms with Crippen LogP contribution in [0.25, 0.3) is 0 Å². The van der Waals surface area contributed by atoms with Crippen molar-refractivity contribution in [3.05, 3.63) is 0 Å². The first kappa shape index (κ1) is 17.0. The molecule has 6 nitrogen and oxygen atoms in total. The number of hydrogen-bond donors (Lipinski definition) is 3. The minimum absolute atomic E-state index is 0.341. The van der Waals surface area contributed by atoms with Crippen LogP contribution < -0.4 is 0 Å². The summed E-state index contributed by atoms with van der Waals surface area (Å²) in [7, 11) is 3.76. The van der Waals surface area contributed by atoms with Gasteiger partial charge in [-0.05, 0) is 6.42 Å². The van der Waals surface area contributed by atoms with Crippen molar-refractivity contribution < 1.29 is 20.1 Å². The van der Waals surface area contributed by atoms with Crippen LogP contribution in [0, 0.1) is 0 Å². The van der Waals surface area contributed by atoms with E-state index in [9.17, 15) is 15.3 Å². The third kappa shape index (κ3) is 3.71. The van der Waals surface area contributed by atoms with Gasteiger partial charge in [-0.15, -0.1) is 0 Å². The molecule has 0 unspecified atom stereocenters. The molecule has 0 amide bonds. The summed E-state index contributed by atoms with van der Waals surface area (Å²) in [5, 5.41) is 31.5. The van der Waals surface area contributed by atoms with E-state index < -0.39 is 30.5 Å². The Morgan fingerprint density at radius 1 is 1.29 bits per heavy atom. The molecular formula is C14H26N2O4S. The second-order valence-corrected chi connectivity index (χ2v) is 6.99. The summed E-state index contributed by atoms with van der Waals surface area (Å²) in [6, 6.07) is -0.471. The molecule has 1 saturated heterocycles. The maximum Gasteiger partial charge on any atom is 0.161 e. The summed E-state index contributed by atoms with van der Waals surface area (Å²) in [6.07, 6.45) is -0.0322. The molecule has 3 N–H and O–H groups in total. The van der Waals surface area contributed by atoms with Gasteiger partial charge >= 0.3 is 0 Å². The Hall–Kier alpha value is -0.340. The average Bonchev–Trinajstić information content (AvgIpc) is 2.87. The molecule has 0 aromatic carbocycles. The molecule has 7 heteroatoms. The molecule has 2 aliphatic heterocycles. The first-order valence-electron chi connectivity index (χ1n) is 7.57. The first-order chi connectivity index (χ1) is 9.95. The lowest BCUT2D eigenvalue weighted by atomic mass is 9.92. The van der Waals surface area contributed by atoms with E-state index in [0.717, 1.165) is 24.4 Å². The number of rotatable bonds is 5. The molecule has 2 rings (SSSR count). The highest BCUT2D eigenvalue weighted by molar-refractivity contribution is 8.14. The van der Waals surface area contributed by atoms with Crippen LogP contribution in [0.4, 0.5) is 0 Å². The lowest BCUT2D eigenvalue weighted by Gasteiger charge is -2.40. The van der Waals surface area contributed by atoms with Crippen LogP contribution in [0.1, 0.15) is 32.6 Å². The van der Waals surface area contributed by atoms with E-state index in [-0.39, 0.29) is 5.44 Å². The van der Waals surface area contributed by atoms with Gasteiger partial charge in [0.25, 0.3) is 0 Å². The monoisotopic (exact) mass is 318 g/mol. The quantitative estimate of drug-likeness (QED) is 0.637. The number of fused-ring (bicyclic) bond motifs is 1. The predicted molar refractivity (Wildman–Crippen MR) is 83.3 cm³/mol. The highest BCUT2D eigenvalue weighted by Gasteiger charge is 2.50. The zero-order chi connectivity index (χ0) is 15.6. The summed E-state index contributed by atoms with van der Waals surface area (Å²) in [4.78, 5) is 6.26. The Bertz CT molecular complexity index is 380. The molecule has 6 atom stereocenters. The van der Waals surface area contributed by atoms with Gasteiger partial charge in [0.2, 0.25) is 0 Å². The van der Waals surface area contributed by atoms with Crippen molar-refractivity contribution in [2.75, 3.05) is 14.1 Å². The second-order valence-electron chi connectivity index (χ2n) is 5.93. The Morgan fingerprint density at radius 3 is 2.62 bits per heavy atom. The normalized spacial score (nSPS) is 37.0. The lowest BCUT2D eigenvalue weighted by Crippen LogP contribution is -2.58. The third-order valence-corrected chi connectivity index (χ3v) is 5.26. The maximum absolute atomic E-state index is 10.3. The van der Waals surface area contributed by atoms with Crippen molar-refractivity contribution in [1.82, 2.24) is 4.90 Å². The fourth-order valence-corrected chi connectivity index (χ4v) is 3.82. The van der Waals surface area contributed by atoms with Gasteiger partial charge in [-0.3, -0.25) is 4.99 Å². The number of nitrogens with zero attached hydrogens (tertiary/aromatic N) is 2. The number of hydrogen-bond acceptors (Lipinski definition) is 7. The van der Waals surface area contributed by atoms with Crippen molar-refractivity contribution in [1.29, 1.82) is 0 Å². The molecule has 2 aliphatic rings. The maximum atomic E-state index is 10.3. The fourth-order valence-electron chi connectivity index (χ4n) is 2.68. The highest BCUT2D eigenvalue weighted by atomic mass is 32.2. The molecule has 122 valence electrons. The van der Waals surface area contributed by atoms with Crippen LogP contribution in [0.15, 0.2) is 4.99 Å². The molecule has 1 fully saturated rings. The Labute approximate surface area is 130 Å². The standard InChI is InChI=1S/C14H26N2O4S/c1-4-5-6-7-8(17)12-11(19)10(18)9-13(20-12)21-14(15-9)16(2)3/h8-13,17-19H,4-7H2,1-3H3/t8-,9-,10-,11+,12-,13-/m1/s1. The minimum atomic E-state index is -1.10. The number of unbranched alkanes of at least 4 members (excludes halogenated alkanes) is 2. The minimum Gasteiger partial charge on any atom is -0.390 e. The zero-order valence-electron chi connectivity index (χ0n) is 12.8. The highest BCUT2D eigenvalue weighted by Crippen LogP contribution is 2.38. The summed E-state index contributed by atoms with van der Waals surface area (Å²) in [5.74, 6) is 0. The number of aliphatic hydroxyl groups is 3. The molecule has 2 heterocycles. The predicted octanol–water partition coefficient (Wildman–Crippen LogP) is 0.407. The Balaban J connectivity index is 1.99. The smallest absolute Gasteiger partial charge is 0.161 e. The van der Waals surface area contributed by atoms with Gasteiger partial charge in [-0.2, -0.15) is 0 Å². The third-order valence-electron chi connectivity index (χ3n) is 3.95. The Morgan fingerprint density at radius 2 is 2.00 bits per heavy atom. The SMILES string of the molecule is CCCCC[C@@H](O)[C@H]1O[C@@H]2SC(N(C)C)=N[C@@H]2[C@@H](O)[C@@H]1O. The van der Waals surface area contributed by atoms with Crippen LogP contribution in [-0.2, 0) is 4.74 Å². The fraction of sp³-hybridized carbons (Fsp3) is 0.929. The summed E-state index contributed by atoms with van der Waals surface area (Å²) < 4.78 is 5.83. The molecule has 0 aliphatic carbocycles. The van der Waals surface area contributed by atoms with Crippen molar-refractivity contribution in [3.8, 4) is 0 Å². The van der Waals surface area contributed by atoms with Crippen LogP contribution >= 0.6 is 11.8 Å². The largest absolute Gasteiger partial charge is 0.390 e. The van der Waals surface area contributed by atoms with Crippen molar-refractivity contribution in [2.24, 2.45) is 4.99 Å². The lowest BCUT2D eigenvalue weighted by molar-refractivity contribution is -0.185. The van der Waals surface area contributed by atoms with Crippen LogP contribution in [0.5, 0.6) is 0 Å². The number of amidine groups is 1. The van der Waals surface area contributed by atoms with Gasteiger partial charge < -0.3 is 25.0 Å². The average molecular weight is 318 g/mol. The second kappa shape index (κ2) is 7.28. The molecule has 0 spiro atoms. The van der Waals surface area contributed by atoms with Gasteiger partial charge in [-0.25, -0.2) is 0 Å². The van der Waals surface area contributed by atoms with E-state index in [1.165, 1.54) is 11.8 Å². The summed E-state index contributed by atoms with van der Waals surface area (Å²) in [5.41, 5.74) is -0.341. The van der Waals surface area contributed by atoms with Gasteiger partial charge in [0.1, 0.15) is 29.8 Å². The number of aliphatic hydroxyl groups excluding tert-OH is 3. The number of ether oxygens (including phenoxy) is 1. The van der Waals surface area contributed by atoms with Crippen LogP contribution in [0.3, 0.4) is 0 Å². The van der Waals surface area contributed by atoms with Crippen molar-refractivity contribution >= 4 is 16.9 Å². The molecule has 21 heavy (non-hydrogen) atoms. The van der Waals surface area contributed by atoms with E-state index in [2.05, 4.69) is 11.9 Å². The van der Waals surface area contributed by atoms with E-state index in [1.807, 2.05) is 19.0 Å². The van der Waals surface area contributed by atoms with Crippen molar-refractivity contribution in [2.45, 2.75) is 68.5 Å². The van der Waals surface area contributed by atoms with E-state index in [4.69, 9.17) is 4.74 Å². The van der Waals surface area contributed by atoms with Gasteiger partial charge in [0.05, 0.1) is 6.10 Å². The van der Waals surface area contributed by atoms with Gasteiger partial charge in [-0.1, -0.05) is 37.9 Å². The molecule has 0 saturated carbocycles.